The van der Waals surface area contributed by atoms with Crippen LogP contribution in [0.15, 0.2) is 23.3 Å². The molecule has 0 aromatic rings. The fraction of sp³-hybridized carbons (Fsp3) is 0.838. The molecule has 5 aliphatic rings. The van der Waals surface area contributed by atoms with Crippen LogP contribution < -0.4 is 0 Å². The summed E-state index contributed by atoms with van der Waals surface area (Å²) in [5, 5.41) is 22.5. The second kappa shape index (κ2) is 10.4. The predicted molar refractivity (Wildman–Crippen MR) is 168 cm³/mol. The van der Waals surface area contributed by atoms with Crippen molar-refractivity contribution in [2.75, 3.05) is 6.61 Å². The van der Waals surface area contributed by atoms with Crippen molar-refractivity contribution in [3.63, 3.8) is 0 Å². The summed E-state index contributed by atoms with van der Waals surface area (Å²) in [5.74, 6) is 0.0625. The van der Waals surface area contributed by atoms with E-state index in [1.54, 1.807) is 13.0 Å². The van der Waals surface area contributed by atoms with Gasteiger partial charge in [0.2, 0.25) is 0 Å². The van der Waals surface area contributed by atoms with Crippen molar-refractivity contribution in [1.29, 1.82) is 0 Å². The Bertz CT molecular complexity index is 1210. The van der Waals surface area contributed by atoms with E-state index in [9.17, 15) is 19.8 Å². The minimum Gasteiger partial charge on any atom is -0.462 e. The lowest BCUT2D eigenvalue weighted by atomic mass is 9.33. The van der Waals surface area contributed by atoms with Crippen molar-refractivity contribution >= 4 is 11.9 Å². The van der Waals surface area contributed by atoms with E-state index in [-0.39, 0.29) is 57.6 Å². The summed E-state index contributed by atoms with van der Waals surface area (Å²) >= 11 is 0. The number of rotatable bonds is 4. The van der Waals surface area contributed by atoms with Crippen LogP contribution in [0.25, 0.3) is 0 Å². The monoisotopic (exact) mass is 598 g/mol. The van der Waals surface area contributed by atoms with Crippen LogP contribution in [0.2, 0.25) is 0 Å². The molecule has 4 fully saturated rings. The predicted octanol–water partition coefficient (Wildman–Crippen LogP) is 7.17. The number of hydrogen-bond donors (Lipinski definition) is 2. The highest BCUT2D eigenvalue weighted by Gasteiger charge is 2.72. The summed E-state index contributed by atoms with van der Waals surface area (Å²) in [6.45, 7) is 21.2. The Labute approximate surface area is 260 Å². The van der Waals surface area contributed by atoms with E-state index in [0.717, 1.165) is 38.5 Å². The van der Waals surface area contributed by atoms with Gasteiger partial charge in [-0.25, -0.2) is 4.79 Å². The SMILES string of the molecule is CC=C(C)C(=O)OC1CC(C)(C)CC2C3=CCC4C5(C)CCC(O)C(C)(C)C5CCC4(C)C3(C)CC(OC(C)=O)C12CO. The molecule has 43 heavy (non-hydrogen) atoms. The van der Waals surface area contributed by atoms with Gasteiger partial charge in [-0.15, -0.1) is 0 Å². The highest BCUT2D eigenvalue weighted by Crippen LogP contribution is 2.76. The number of aliphatic hydroxyl groups excluding tert-OH is 2. The van der Waals surface area contributed by atoms with Gasteiger partial charge in [0, 0.05) is 12.5 Å². The molecule has 0 aliphatic heterocycles. The number of fused-ring (bicyclic) bond motifs is 7. The van der Waals surface area contributed by atoms with Crippen LogP contribution in [0.1, 0.15) is 121 Å². The first-order valence-corrected chi connectivity index (χ1v) is 16.8. The molecule has 242 valence electrons. The van der Waals surface area contributed by atoms with Gasteiger partial charge in [0.15, 0.2) is 0 Å². The Balaban J connectivity index is 1.66. The van der Waals surface area contributed by atoms with Gasteiger partial charge in [-0.05, 0) is 110 Å². The number of esters is 2. The number of carbonyl (C=O) groups excluding carboxylic acids is 2. The van der Waals surface area contributed by atoms with Crippen LogP contribution in [-0.2, 0) is 19.1 Å². The van der Waals surface area contributed by atoms with Gasteiger partial charge in [-0.1, -0.05) is 66.2 Å². The first kappa shape index (κ1) is 32.7. The molecule has 0 amide bonds. The molecule has 0 bridgehead atoms. The summed E-state index contributed by atoms with van der Waals surface area (Å²) in [5.41, 5.74) is 0.531. The third-order valence-electron chi connectivity index (χ3n) is 14.4. The van der Waals surface area contributed by atoms with Crippen molar-refractivity contribution in [2.45, 2.75) is 139 Å². The lowest BCUT2D eigenvalue weighted by Gasteiger charge is -2.72. The van der Waals surface area contributed by atoms with Crippen molar-refractivity contribution < 1.29 is 29.3 Å². The Hall–Kier alpha value is -1.66. The zero-order valence-electron chi connectivity index (χ0n) is 28.5. The van der Waals surface area contributed by atoms with Gasteiger partial charge in [0.05, 0.1) is 18.1 Å². The highest BCUT2D eigenvalue weighted by molar-refractivity contribution is 5.87. The van der Waals surface area contributed by atoms with E-state index in [1.807, 2.05) is 6.92 Å². The van der Waals surface area contributed by atoms with Gasteiger partial charge in [-0.3, -0.25) is 4.79 Å². The number of hydrogen-bond acceptors (Lipinski definition) is 6. The zero-order chi connectivity index (χ0) is 32.0. The summed E-state index contributed by atoms with van der Waals surface area (Å²) in [6, 6.07) is 0. The van der Waals surface area contributed by atoms with Gasteiger partial charge in [-0.2, -0.15) is 0 Å². The smallest absolute Gasteiger partial charge is 0.333 e. The summed E-state index contributed by atoms with van der Waals surface area (Å²) < 4.78 is 12.6. The fourth-order valence-electron chi connectivity index (χ4n) is 11.7. The Kier molecular flexibility index (Phi) is 7.94. The highest BCUT2D eigenvalue weighted by atomic mass is 16.6. The molecule has 0 aromatic heterocycles. The summed E-state index contributed by atoms with van der Waals surface area (Å²) in [6.07, 6.45) is 9.81. The Morgan fingerprint density at radius 1 is 0.930 bits per heavy atom. The molecule has 10 unspecified atom stereocenters. The van der Waals surface area contributed by atoms with Gasteiger partial charge in [0.25, 0.3) is 0 Å². The van der Waals surface area contributed by atoms with E-state index >= 15 is 0 Å². The molecular weight excluding hydrogens is 540 g/mol. The molecule has 0 spiro atoms. The minimum absolute atomic E-state index is 0.0456. The van der Waals surface area contributed by atoms with Gasteiger partial charge < -0.3 is 19.7 Å². The Morgan fingerprint density at radius 3 is 2.19 bits per heavy atom. The molecular formula is C37H58O6. The molecule has 5 aliphatic carbocycles. The van der Waals surface area contributed by atoms with Crippen LogP contribution >= 0.6 is 0 Å². The third-order valence-corrected chi connectivity index (χ3v) is 14.4. The van der Waals surface area contributed by atoms with Crippen LogP contribution in [0.5, 0.6) is 0 Å². The van der Waals surface area contributed by atoms with Crippen molar-refractivity contribution in [1.82, 2.24) is 0 Å². The van der Waals surface area contributed by atoms with Gasteiger partial charge >= 0.3 is 11.9 Å². The molecule has 10 atom stereocenters. The lowest BCUT2D eigenvalue weighted by molar-refractivity contribution is -0.244. The maximum Gasteiger partial charge on any atom is 0.333 e. The first-order valence-electron chi connectivity index (χ1n) is 16.8. The molecule has 2 N–H and O–H groups in total. The average molecular weight is 599 g/mol. The van der Waals surface area contributed by atoms with E-state index < -0.39 is 17.6 Å². The van der Waals surface area contributed by atoms with Crippen LogP contribution in [0, 0.1) is 50.2 Å². The standard InChI is InChI=1S/C37H58O6/c1-11-22(2)31(41)43-29-19-32(4,5)18-25-24-12-13-27-34(8)16-15-28(40)33(6,7)26(34)14-17-35(27,9)36(24,10)20-30(42-23(3)39)37(25,29)21-38/h11-12,25-30,38,40H,13-21H2,1-10H3. The minimum atomic E-state index is -0.905. The van der Waals surface area contributed by atoms with E-state index in [4.69, 9.17) is 9.47 Å². The molecule has 0 aromatic carbocycles. The summed E-state index contributed by atoms with van der Waals surface area (Å²) in [7, 11) is 0. The molecule has 6 nitrogen and oxygen atoms in total. The maximum absolute atomic E-state index is 13.2. The topological polar surface area (TPSA) is 93.1 Å². The van der Waals surface area contributed by atoms with Crippen LogP contribution in [0.4, 0.5) is 0 Å². The molecule has 6 heteroatoms. The van der Waals surface area contributed by atoms with E-state index in [1.165, 1.54) is 12.5 Å². The number of ether oxygens (including phenoxy) is 2. The zero-order valence-corrected chi connectivity index (χ0v) is 28.5. The fourth-order valence-corrected chi connectivity index (χ4v) is 11.7. The van der Waals surface area contributed by atoms with E-state index in [2.05, 4.69) is 54.5 Å². The summed E-state index contributed by atoms with van der Waals surface area (Å²) in [4.78, 5) is 26.0. The Morgan fingerprint density at radius 2 is 1.58 bits per heavy atom. The van der Waals surface area contributed by atoms with E-state index in [0.29, 0.717) is 30.3 Å². The molecule has 5 rings (SSSR count). The lowest BCUT2D eigenvalue weighted by Crippen LogP contribution is -2.70. The number of allylic oxidation sites excluding steroid dienone is 3. The average Bonchev–Trinajstić information content (AvgIpc) is 2.90. The molecule has 0 saturated heterocycles. The van der Waals surface area contributed by atoms with Crippen LogP contribution in [-0.4, -0.2) is 47.1 Å². The number of carbonyl (C=O) groups is 2. The quantitative estimate of drug-likeness (QED) is 0.202. The second-order valence-corrected chi connectivity index (χ2v) is 17.2. The normalized spacial score (nSPS) is 46.7. The van der Waals surface area contributed by atoms with Crippen molar-refractivity contribution in [3.05, 3.63) is 23.3 Å². The third kappa shape index (κ3) is 4.54. The molecule has 0 radical (unpaired) electrons. The van der Waals surface area contributed by atoms with Crippen molar-refractivity contribution in [3.8, 4) is 0 Å². The van der Waals surface area contributed by atoms with Crippen molar-refractivity contribution in [2.24, 2.45) is 50.2 Å². The maximum atomic E-state index is 13.2. The van der Waals surface area contributed by atoms with Gasteiger partial charge in [0.1, 0.15) is 12.2 Å². The molecule has 4 saturated carbocycles. The second-order valence-electron chi connectivity index (χ2n) is 17.2. The first-order chi connectivity index (χ1) is 19.8. The van der Waals surface area contributed by atoms with Crippen LogP contribution in [0.3, 0.4) is 0 Å². The molecule has 0 heterocycles. The largest absolute Gasteiger partial charge is 0.462 e. The number of aliphatic hydroxyl groups is 2.